The Labute approximate surface area is 124 Å². The first-order valence-corrected chi connectivity index (χ1v) is 7.14. The van der Waals surface area contributed by atoms with Crippen molar-refractivity contribution in [1.82, 2.24) is 14.4 Å². The third-order valence-corrected chi connectivity index (χ3v) is 3.58. The van der Waals surface area contributed by atoms with Crippen LogP contribution in [0.4, 0.5) is 11.6 Å². The second-order valence-corrected chi connectivity index (χ2v) is 4.86. The number of anilines is 2. The van der Waals surface area contributed by atoms with E-state index in [1.165, 1.54) is 11.1 Å². The normalized spacial score (nSPS) is 10.8. The molecule has 0 spiro atoms. The Bertz CT molecular complexity index is 747. The highest BCUT2D eigenvalue weighted by Crippen LogP contribution is 2.18. The van der Waals surface area contributed by atoms with Crippen LogP contribution in [-0.4, -0.2) is 21.4 Å². The van der Waals surface area contributed by atoms with Crippen LogP contribution in [0.15, 0.2) is 42.9 Å². The van der Waals surface area contributed by atoms with Crippen molar-refractivity contribution in [1.29, 1.82) is 0 Å². The van der Waals surface area contributed by atoms with Crippen LogP contribution < -0.4 is 10.6 Å². The van der Waals surface area contributed by atoms with E-state index in [1.54, 1.807) is 6.20 Å². The lowest BCUT2D eigenvalue weighted by atomic mass is 10.1. The van der Waals surface area contributed by atoms with E-state index >= 15 is 0 Å². The predicted octanol–water partition coefficient (Wildman–Crippen LogP) is 2.95. The molecular weight excluding hydrogens is 262 g/mol. The van der Waals surface area contributed by atoms with Gasteiger partial charge in [0.05, 0.1) is 6.20 Å². The lowest BCUT2D eigenvalue weighted by Gasteiger charge is -2.11. The fourth-order valence-electron chi connectivity index (χ4n) is 2.42. The fraction of sp³-hybridized carbons (Fsp3) is 0.250. The monoisotopic (exact) mass is 281 g/mol. The van der Waals surface area contributed by atoms with Gasteiger partial charge in [-0.3, -0.25) is 0 Å². The van der Waals surface area contributed by atoms with E-state index in [1.807, 2.05) is 23.8 Å². The van der Waals surface area contributed by atoms with Gasteiger partial charge in [-0.1, -0.05) is 31.2 Å². The Balaban J connectivity index is 1.89. The molecule has 0 unspecified atom stereocenters. The molecule has 0 saturated heterocycles. The molecule has 5 heteroatoms. The summed E-state index contributed by atoms with van der Waals surface area (Å²) < 4.78 is 1.97. The van der Waals surface area contributed by atoms with Crippen molar-refractivity contribution in [3.05, 3.63) is 54.0 Å². The molecule has 2 heterocycles. The van der Waals surface area contributed by atoms with Gasteiger partial charge in [-0.05, 0) is 17.5 Å². The Morgan fingerprint density at radius 1 is 1.19 bits per heavy atom. The Kier molecular flexibility index (Phi) is 3.73. The number of benzene rings is 1. The van der Waals surface area contributed by atoms with Crippen molar-refractivity contribution in [2.45, 2.75) is 19.9 Å². The zero-order valence-corrected chi connectivity index (χ0v) is 12.3. The molecule has 0 aliphatic heterocycles. The third-order valence-electron chi connectivity index (χ3n) is 3.58. The van der Waals surface area contributed by atoms with Gasteiger partial charge in [-0.25, -0.2) is 9.97 Å². The largest absolute Gasteiger partial charge is 0.372 e. The maximum Gasteiger partial charge on any atom is 0.180 e. The highest BCUT2D eigenvalue weighted by atomic mass is 15.1. The number of nitrogens with zero attached hydrogens (tertiary/aromatic N) is 3. The number of imidazole rings is 1. The highest BCUT2D eigenvalue weighted by molar-refractivity contribution is 5.65. The van der Waals surface area contributed by atoms with Crippen LogP contribution in [0, 0.1) is 0 Å². The smallest absolute Gasteiger partial charge is 0.180 e. The molecule has 0 saturated carbocycles. The lowest BCUT2D eigenvalue weighted by molar-refractivity contribution is 1.02. The van der Waals surface area contributed by atoms with Gasteiger partial charge in [0.1, 0.15) is 5.82 Å². The Hall–Kier alpha value is -2.56. The summed E-state index contributed by atoms with van der Waals surface area (Å²) in [7, 11) is 1.86. The number of aryl methyl sites for hydroxylation is 1. The minimum absolute atomic E-state index is 0.743. The maximum absolute atomic E-state index is 4.56. The summed E-state index contributed by atoms with van der Waals surface area (Å²) in [4.78, 5) is 8.92. The quantitative estimate of drug-likeness (QED) is 0.755. The maximum atomic E-state index is 4.56. The van der Waals surface area contributed by atoms with E-state index in [9.17, 15) is 0 Å². The number of rotatable bonds is 5. The van der Waals surface area contributed by atoms with Crippen molar-refractivity contribution in [3.63, 3.8) is 0 Å². The van der Waals surface area contributed by atoms with Crippen LogP contribution >= 0.6 is 0 Å². The van der Waals surface area contributed by atoms with Gasteiger partial charge in [0.2, 0.25) is 0 Å². The van der Waals surface area contributed by atoms with Gasteiger partial charge in [-0.2, -0.15) is 0 Å². The van der Waals surface area contributed by atoms with Crippen molar-refractivity contribution in [3.8, 4) is 0 Å². The average Bonchev–Trinajstić information content (AvgIpc) is 3.01. The molecule has 2 aromatic heterocycles. The molecule has 0 aliphatic carbocycles. The molecule has 3 rings (SSSR count). The summed E-state index contributed by atoms with van der Waals surface area (Å²) in [5, 5.41) is 6.48. The molecule has 0 amide bonds. The van der Waals surface area contributed by atoms with Gasteiger partial charge < -0.3 is 15.0 Å². The number of hydrogen-bond donors (Lipinski definition) is 2. The zero-order chi connectivity index (χ0) is 14.7. The van der Waals surface area contributed by atoms with Gasteiger partial charge in [0.25, 0.3) is 0 Å². The van der Waals surface area contributed by atoms with Crippen LogP contribution in [0.1, 0.15) is 18.1 Å². The molecular formula is C16H19N5. The summed E-state index contributed by atoms with van der Waals surface area (Å²) >= 11 is 0. The molecule has 5 nitrogen and oxygen atoms in total. The topological polar surface area (TPSA) is 54.2 Å². The first kappa shape index (κ1) is 13.4. The SMILES string of the molecule is CCc1ccccc1CNc1nc(NC)cn2ccnc12. The minimum Gasteiger partial charge on any atom is -0.372 e. The first-order chi connectivity index (χ1) is 10.3. The van der Waals surface area contributed by atoms with Crippen LogP contribution in [0.3, 0.4) is 0 Å². The summed E-state index contributed by atoms with van der Waals surface area (Å²) in [5.74, 6) is 1.60. The van der Waals surface area contributed by atoms with Crippen molar-refractivity contribution in [2.24, 2.45) is 0 Å². The summed E-state index contributed by atoms with van der Waals surface area (Å²) in [6, 6.07) is 8.46. The van der Waals surface area contributed by atoms with Crippen molar-refractivity contribution < 1.29 is 0 Å². The molecule has 108 valence electrons. The van der Waals surface area contributed by atoms with E-state index in [0.29, 0.717) is 0 Å². The van der Waals surface area contributed by atoms with Crippen molar-refractivity contribution in [2.75, 3.05) is 17.7 Å². The Morgan fingerprint density at radius 2 is 2.00 bits per heavy atom. The molecule has 0 aliphatic rings. The van der Waals surface area contributed by atoms with E-state index in [4.69, 9.17) is 0 Å². The Morgan fingerprint density at radius 3 is 2.76 bits per heavy atom. The van der Waals surface area contributed by atoms with E-state index < -0.39 is 0 Å². The summed E-state index contributed by atoms with van der Waals surface area (Å²) in [6.07, 6.45) is 6.65. The van der Waals surface area contributed by atoms with Gasteiger partial charge in [0, 0.05) is 26.0 Å². The molecule has 0 fully saturated rings. The molecule has 2 N–H and O–H groups in total. The van der Waals surface area contributed by atoms with Crippen LogP contribution in [-0.2, 0) is 13.0 Å². The average molecular weight is 281 g/mol. The lowest BCUT2D eigenvalue weighted by Crippen LogP contribution is -2.07. The standard InChI is InChI=1S/C16H19N5/c1-3-12-6-4-5-7-13(12)10-19-15-16-18-8-9-21(16)11-14(17-2)20-15/h4-9,11,17H,3,10H2,1-2H3,(H,19,20). The molecule has 0 radical (unpaired) electrons. The predicted molar refractivity (Wildman–Crippen MR) is 85.7 cm³/mol. The number of nitrogens with one attached hydrogen (secondary N) is 2. The summed E-state index contributed by atoms with van der Waals surface area (Å²) in [5.41, 5.74) is 3.48. The molecule has 0 atom stereocenters. The zero-order valence-electron chi connectivity index (χ0n) is 12.3. The third kappa shape index (κ3) is 2.67. The van der Waals surface area contributed by atoms with Gasteiger partial charge in [-0.15, -0.1) is 0 Å². The minimum atomic E-state index is 0.743. The molecule has 0 bridgehead atoms. The number of fused-ring (bicyclic) bond motifs is 1. The van der Waals surface area contributed by atoms with Crippen LogP contribution in [0.2, 0.25) is 0 Å². The number of hydrogen-bond acceptors (Lipinski definition) is 4. The van der Waals surface area contributed by atoms with Gasteiger partial charge in [0.15, 0.2) is 11.5 Å². The fourth-order valence-corrected chi connectivity index (χ4v) is 2.42. The van der Waals surface area contributed by atoms with Crippen LogP contribution in [0.5, 0.6) is 0 Å². The number of aromatic nitrogens is 3. The first-order valence-electron chi connectivity index (χ1n) is 7.14. The second-order valence-electron chi connectivity index (χ2n) is 4.86. The summed E-state index contributed by atoms with van der Waals surface area (Å²) in [6.45, 7) is 2.91. The molecule has 1 aromatic carbocycles. The second kappa shape index (κ2) is 5.83. The molecule has 21 heavy (non-hydrogen) atoms. The van der Waals surface area contributed by atoms with Gasteiger partial charge >= 0.3 is 0 Å². The van der Waals surface area contributed by atoms with Crippen molar-refractivity contribution >= 4 is 17.3 Å². The highest BCUT2D eigenvalue weighted by Gasteiger charge is 2.07. The molecule has 3 aromatic rings. The van der Waals surface area contributed by atoms with Crippen LogP contribution in [0.25, 0.3) is 5.65 Å². The van der Waals surface area contributed by atoms with E-state index in [0.717, 1.165) is 30.2 Å². The van der Waals surface area contributed by atoms with E-state index in [-0.39, 0.29) is 0 Å². The van der Waals surface area contributed by atoms with E-state index in [2.05, 4.69) is 51.8 Å².